The molecule has 0 spiro atoms. The molecular formula is C16H21N3O. The molecule has 4 heteroatoms. The van der Waals surface area contributed by atoms with Crippen molar-refractivity contribution < 1.29 is 4.79 Å². The summed E-state index contributed by atoms with van der Waals surface area (Å²) in [5.74, 6) is 0.640. The predicted molar refractivity (Wildman–Crippen MR) is 81.0 cm³/mol. The minimum absolute atomic E-state index is 0.0993. The van der Waals surface area contributed by atoms with Gasteiger partial charge in [-0.1, -0.05) is 26.0 Å². The van der Waals surface area contributed by atoms with E-state index in [2.05, 4.69) is 31.2 Å². The molecule has 2 aromatic rings. The van der Waals surface area contributed by atoms with Crippen LogP contribution in [0.2, 0.25) is 0 Å². The van der Waals surface area contributed by atoms with Crippen molar-refractivity contribution in [2.75, 3.05) is 5.32 Å². The van der Waals surface area contributed by atoms with Crippen molar-refractivity contribution in [2.45, 2.75) is 39.7 Å². The number of nitrogens with one attached hydrogen (secondary N) is 1. The zero-order valence-electron chi connectivity index (χ0n) is 12.3. The molecule has 0 aliphatic carbocycles. The number of amides is 1. The van der Waals surface area contributed by atoms with Crippen molar-refractivity contribution in [3.8, 4) is 0 Å². The van der Waals surface area contributed by atoms with Gasteiger partial charge in [-0.2, -0.15) is 5.10 Å². The second-order valence-electron chi connectivity index (χ2n) is 4.92. The number of aromatic nitrogens is 2. The zero-order chi connectivity index (χ0) is 14.5. The van der Waals surface area contributed by atoms with Gasteiger partial charge in [0.1, 0.15) is 5.82 Å². The minimum atomic E-state index is -0.0993. The quantitative estimate of drug-likeness (QED) is 0.902. The van der Waals surface area contributed by atoms with E-state index < -0.39 is 0 Å². The van der Waals surface area contributed by atoms with E-state index in [0.29, 0.717) is 5.56 Å². The second kappa shape index (κ2) is 6.37. The SMILES string of the molecule is CCc1ccc(C(=O)Nc2ccnn2C(C)CC)cc1. The van der Waals surface area contributed by atoms with E-state index in [1.54, 1.807) is 6.20 Å². The van der Waals surface area contributed by atoms with Gasteiger partial charge in [0.25, 0.3) is 5.91 Å². The third-order valence-electron chi connectivity index (χ3n) is 3.54. The van der Waals surface area contributed by atoms with Crippen LogP contribution in [0.5, 0.6) is 0 Å². The summed E-state index contributed by atoms with van der Waals surface area (Å²) < 4.78 is 1.85. The first-order chi connectivity index (χ1) is 9.65. The van der Waals surface area contributed by atoms with Crippen molar-refractivity contribution in [1.82, 2.24) is 9.78 Å². The van der Waals surface area contributed by atoms with E-state index in [9.17, 15) is 4.79 Å². The van der Waals surface area contributed by atoms with Crippen LogP contribution >= 0.6 is 0 Å². The number of anilines is 1. The summed E-state index contributed by atoms with van der Waals surface area (Å²) in [6.45, 7) is 6.28. The van der Waals surface area contributed by atoms with E-state index in [4.69, 9.17) is 0 Å². The predicted octanol–water partition coefficient (Wildman–Crippen LogP) is 3.67. The molecule has 0 saturated heterocycles. The largest absolute Gasteiger partial charge is 0.307 e. The lowest BCUT2D eigenvalue weighted by Gasteiger charge is -2.14. The molecule has 0 fully saturated rings. The molecule has 2 rings (SSSR count). The van der Waals surface area contributed by atoms with Gasteiger partial charge in [0.2, 0.25) is 0 Å². The zero-order valence-corrected chi connectivity index (χ0v) is 12.3. The van der Waals surface area contributed by atoms with Gasteiger partial charge in [-0.15, -0.1) is 0 Å². The summed E-state index contributed by atoms with van der Waals surface area (Å²) in [4.78, 5) is 12.2. The Morgan fingerprint density at radius 1 is 1.25 bits per heavy atom. The molecule has 1 unspecified atom stereocenters. The Morgan fingerprint density at radius 2 is 1.95 bits per heavy atom. The maximum absolute atomic E-state index is 12.2. The number of rotatable bonds is 5. The van der Waals surface area contributed by atoms with E-state index in [0.717, 1.165) is 18.7 Å². The fourth-order valence-electron chi connectivity index (χ4n) is 2.02. The molecule has 1 atom stereocenters. The lowest BCUT2D eigenvalue weighted by atomic mass is 10.1. The molecule has 1 aromatic heterocycles. The Balaban J connectivity index is 2.13. The van der Waals surface area contributed by atoms with Crippen LogP contribution in [0, 0.1) is 0 Å². The molecule has 4 nitrogen and oxygen atoms in total. The van der Waals surface area contributed by atoms with E-state index in [-0.39, 0.29) is 11.9 Å². The van der Waals surface area contributed by atoms with Crippen LogP contribution in [-0.2, 0) is 6.42 Å². The molecular weight excluding hydrogens is 250 g/mol. The number of hydrogen-bond acceptors (Lipinski definition) is 2. The summed E-state index contributed by atoms with van der Waals surface area (Å²) in [6.07, 6.45) is 3.65. The van der Waals surface area contributed by atoms with Crippen LogP contribution in [0.25, 0.3) is 0 Å². The van der Waals surface area contributed by atoms with Crippen molar-refractivity contribution >= 4 is 11.7 Å². The van der Waals surface area contributed by atoms with Crippen molar-refractivity contribution in [3.63, 3.8) is 0 Å². The second-order valence-corrected chi connectivity index (χ2v) is 4.92. The molecule has 1 aromatic carbocycles. The van der Waals surface area contributed by atoms with Gasteiger partial charge >= 0.3 is 0 Å². The molecule has 0 aliphatic heterocycles. The number of hydrogen-bond donors (Lipinski definition) is 1. The highest BCUT2D eigenvalue weighted by Gasteiger charge is 2.12. The summed E-state index contributed by atoms with van der Waals surface area (Å²) >= 11 is 0. The first kappa shape index (κ1) is 14.3. The first-order valence-electron chi connectivity index (χ1n) is 7.09. The fourth-order valence-corrected chi connectivity index (χ4v) is 2.02. The number of aryl methyl sites for hydroxylation is 1. The highest BCUT2D eigenvalue weighted by Crippen LogP contribution is 2.17. The first-order valence-corrected chi connectivity index (χ1v) is 7.09. The molecule has 1 N–H and O–H groups in total. The standard InChI is InChI=1S/C16H21N3O/c1-4-12(3)19-15(10-11-17-19)18-16(20)14-8-6-13(5-2)7-9-14/h6-12H,4-5H2,1-3H3,(H,18,20). The highest BCUT2D eigenvalue weighted by atomic mass is 16.1. The average molecular weight is 271 g/mol. The topological polar surface area (TPSA) is 46.9 Å². The number of carbonyl (C=O) groups excluding carboxylic acids is 1. The minimum Gasteiger partial charge on any atom is -0.307 e. The van der Waals surface area contributed by atoms with Crippen LogP contribution in [0.1, 0.15) is 49.2 Å². The van der Waals surface area contributed by atoms with Crippen molar-refractivity contribution in [1.29, 1.82) is 0 Å². The summed E-state index contributed by atoms with van der Waals surface area (Å²) in [7, 11) is 0. The fraction of sp³-hybridized carbons (Fsp3) is 0.375. The van der Waals surface area contributed by atoms with Gasteiger partial charge in [0, 0.05) is 11.6 Å². The maximum Gasteiger partial charge on any atom is 0.256 e. The van der Waals surface area contributed by atoms with E-state index in [1.807, 2.05) is 35.0 Å². The van der Waals surface area contributed by atoms with Gasteiger partial charge in [-0.05, 0) is 37.5 Å². The molecule has 0 bridgehead atoms. The Hall–Kier alpha value is -2.10. The van der Waals surface area contributed by atoms with E-state index in [1.165, 1.54) is 5.56 Å². The number of carbonyl (C=O) groups is 1. The normalized spacial score (nSPS) is 12.2. The summed E-state index contributed by atoms with van der Waals surface area (Å²) in [5.41, 5.74) is 1.89. The van der Waals surface area contributed by atoms with Gasteiger partial charge in [-0.25, -0.2) is 4.68 Å². The monoisotopic (exact) mass is 271 g/mol. The van der Waals surface area contributed by atoms with Gasteiger partial charge in [0.15, 0.2) is 0 Å². The number of nitrogens with zero attached hydrogens (tertiary/aromatic N) is 2. The molecule has 1 amide bonds. The highest BCUT2D eigenvalue weighted by molar-refractivity contribution is 6.03. The summed E-state index contributed by atoms with van der Waals surface area (Å²) in [5, 5.41) is 7.18. The molecule has 20 heavy (non-hydrogen) atoms. The Bertz CT molecular complexity index is 572. The molecule has 1 heterocycles. The lowest BCUT2D eigenvalue weighted by Crippen LogP contribution is -2.17. The average Bonchev–Trinajstić information content (AvgIpc) is 2.94. The Kier molecular flexibility index (Phi) is 4.56. The number of benzene rings is 1. The van der Waals surface area contributed by atoms with Gasteiger partial charge < -0.3 is 5.32 Å². The molecule has 0 aliphatic rings. The van der Waals surface area contributed by atoms with E-state index >= 15 is 0 Å². The molecule has 0 radical (unpaired) electrons. The van der Waals surface area contributed by atoms with Gasteiger partial charge in [0.05, 0.1) is 12.2 Å². The van der Waals surface area contributed by atoms with Crippen LogP contribution in [0.3, 0.4) is 0 Å². The van der Waals surface area contributed by atoms with Crippen LogP contribution < -0.4 is 5.32 Å². The smallest absolute Gasteiger partial charge is 0.256 e. The Labute approximate surface area is 119 Å². The van der Waals surface area contributed by atoms with Gasteiger partial charge in [-0.3, -0.25) is 4.79 Å². The van der Waals surface area contributed by atoms with Crippen LogP contribution in [-0.4, -0.2) is 15.7 Å². The summed E-state index contributed by atoms with van der Waals surface area (Å²) in [6, 6.07) is 9.78. The maximum atomic E-state index is 12.2. The Morgan fingerprint density at radius 3 is 2.55 bits per heavy atom. The third-order valence-corrected chi connectivity index (χ3v) is 3.54. The van der Waals surface area contributed by atoms with Crippen LogP contribution in [0.4, 0.5) is 5.82 Å². The molecule has 0 saturated carbocycles. The van der Waals surface area contributed by atoms with Crippen molar-refractivity contribution in [3.05, 3.63) is 47.7 Å². The third kappa shape index (κ3) is 3.07. The van der Waals surface area contributed by atoms with Crippen LogP contribution in [0.15, 0.2) is 36.5 Å². The van der Waals surface area contributed by atoms with Crippen molar-refractivity contribution in [2.24, 2.45) is 0 Å². The molecule has 106 valence electrons. The lowest BCUT2D eigenvalue weighted by molar-refractivity contribution is 0.102.